The van der Waals surface area contributed by atoms with Crippen molar-refractivity contribution in [1.82, 2.24) is 5.32 Å². The summed E-state index contributed by atoms with van der Waals surface area (Å²) in [5.41, 5.74) is 0.224. The minimum absolute atomic E-state index is 0.00302. The van der Waals surface area contributed by atoms with Crippen LogP contribution in [0.3, 0.4) is 0 Å². The first-order valence-corrected chi connectivity index (χ1v) is 18.9. The molecule has 5 rings (SSSR count). The molecule has 7 heteroatoms. The number of fused-ring (bicyclic) bond motifs is 7. The summed E-state index contributed by atoms with van der Waals surface area (Å²) < 4.78 is 26.8. The molecule has 5 aliphatic carbocycles. The fourth-order valence-corrected chi connectivity index (χ4v) is 13.1. The molecule has 6 nitrogen and oxygen atoms in total. The zero-order valence-electron chi connectivity index (χ0n) is 28.4. The van der Waals surface area contributed by atoms with E-state index in [1.807, 2.05) is 6.92 Å². The predicted molar refractivity (Wildman–Crippen MR) is 172 cm³/mol. The number of amides is 1. The highest BCUT2D eigenvalue weighted by Crippen LogP contribution is 2.77. The molecule has 0 heterocycles. The van der Waals surface area contributed by atoms with Crippen LogP contribution in [0, 0.1) is 62.6 Å². The molecule has 0 aromatic carbocycles. The van der Waals surface area contributed by atoms with E-state index in [4.69, 9.17) is 4.74 Å². The SMILES string of the molecule is CCCC(=O)O[C@@H]1CC[C@]2(C)[C@H]3CCC4[C@@H]5[C@H](C(C)C)CC[C@]5(C(=O)NCCS(=O)O)CC[C@@]4(C)[C@]3(C)CC[C@H]2C1(C)C. The first-order valence-electron chi connectivity index (χ1n) is 17.6. The molecule has 5 fully saturated rings. The van der Waals surface area contributed by atoms with Crippen LogP contribution in [0.2, 0.25) is 0 Å². The highest BCUT2D eigenvalue weighted by Gasteiger charge is 2.72. The Morgan fingerprint density at radius 3 is 2.28 bits per heavy atom. The van der Waals surface area contributed by atoms with Crippen LogP contribution < -0.4 is 5.32 Å². The summed E-state index contributed by atoms with van der Waals surface area (Å²) in [7, 11) is 0. The Morgan fingerprint density at radius 2 is 1.63 bits per heavy atom. The van der Waals surface area contributed by atoms with E-state index in [9.17, 15) is 18.4 Å². The molecule has 0 aromatic heterocycles. The molecule has 0 aliphatic heterocycles. The van der Waals surface area contributed by atoms with Crippen LogP contribution in [0.1, 0.15) is 132 Å². The van der Waals surface area contributed by atoms with Gasteiger partial charge in [-0.3, -0.25) is 9.59 Å². The summed E-state index contributed by atoms with van der Waals surface area (Å²) in [5, 5.41) is 3.13. The highest BCUT2D eigenvalue weighted by molar-refractivity contribution is 7.79. The lowest BCUT2D eigenvalue weighted by Gasteiger charge is -2.73. The van der Waals surface area contributed by atoms with Gasteiger partial charge in [0.05, 0.1) is 11.2 Å². The fraction of sp³-hybridized carbons (Fsp3) is 0.944. The van der Waals surface area contributed by atoms with Crippen LogP contribution in [-0.2, 0) is 25.4 Å². The Morgan fingerprint density at radius 1 is 0.907 bits per heavy atom. The highest BCUT2D eigenvalue weighted by atomic mass is 32.2. The van der Waals surface area contributed by atoms with Crippen molar-refractivity contribution >= 4 is 23.0 Å². The van der Waals surface area contributed by atoms with Gasteiger partial charge in [-0.25, -0.2) is 4.21 Å². The van der Waals surface area contributed by atoms with Gasteiger partial charge in [0.2, 0.25) is 5.91 Å². The first-order chi connectivity index (χ1) is 20.1. The van der Waals surface area contributed by atoms with Crippen molar-refractivity contribution in [2.24, 2.45) is 62.6 Å². The second-order valence-electron chi connectivity index (χ2n) is 17.2. The molecule has 1 amide bonds. The van der Waals surface area contributed by atoms with Gasteiger partial charge in [0.25, 0.3) is 0 Å². The number of carbonyl (C=O) groups excluding carboxylic acids is 2. The topological polar surface area (TPSA) is 92.7 Å². The van der Waals surface area contributed by atoms with E-state index in [0.29, 0.717) is 41.9 Å². The van der Waals surface area contributed by atoms with E-state index in [0.717, 1.165) is 44.9 Å². The maximum absolute atomic E-state index is 14.0. The van der Waals surface area contributed by atoms with Crippen molar-refractivity contribution in [2.75, 3.05) is 12.3 Å². The molecule has 0 spiro atoms. The maximum Gasteiger partial charge on any atom is 0.306 e. The van der Waals surface area contributed by atoms with E-state index < -0.39 is 11.1 Å². The monoisotopic (exact) mass is 619 g/mol. The average molecular weight is 620 g/mol. The number of rotatable bonds is 8. The van der Waals surface area contributed by atoms with Crippen LogP contribution in [-0.4, -0.2) is 39.0 Å². The van der Waals surface area contributed by atoms with Gasteiger partial charge in [-0.05, 0) is 122 Å². The molecular formula is C36H61NO5S. The first kappa shape index (κ1) is 33.4. The van der Waals surface area contributed by atoms with E-state index >= 15 is 0 Å². The molecular weight excluding hydrogens is 558 g/mol. The molecule has 11 atom stereocenters. The van der Waals surface area contributed by atoms with E-state index in [1.165, 1.54) is 25.7 Å². The second kappa shape index (κ2) is 11.7. The van der Waals surface area contributed by atoms with Crippen molar-refractivity contribution in [3.8, 4) is 0 Å². The van der Waals surface area contributed by atoms with Crippen LogP contribution >= 0.6 is 0 Å². The predicted octanol–water partition coefficient (Wildman–Crippen LogP) is 7.77. The van der Waals surface area contributed by atoms with Gasteiger partial charge < -0.3 is 14.6 Å². The third-order valence-corrected chi connectivity index (χ3v) is 15.6. The minimum atomic E-state index is -1.89. The van der Waals surface area contributed by atoms with Crippen molar-refractivity contribution in [3.63, 3.8) is 0 Å². The van der Waals surface area contributed by atoms with Gasteiger partial charge in [-0.15, -0.1) is 0 Å². The van der Waals surface area contributed by atoms with Crippen LogP contribution in [0.15, 0.2) is 0 Å². The quantitative estimate of drug-likeness (QED) is 0.214. The zero-order chi connectivity index (χ0) is 31.6. The second-order valence-corrected chi connectivity index (χ2v) is 18.2. The Balaban J connectivity index is 1.44. The lowest BCUT2D eigenvalue weighted by molar-refractivity contribution is -0.250. The smallest absolute Gasteiger partial charge is 0.306 e. The third kappa shape index (κ3) is 5.08. The summed E-state index contributed by atoms with van der Waals surface area (Å²) in [4.78, 5) is 26.6. The van der Waals surface area contributed by atoms with Crippen LogP contribution in [0.25, 0.3) is 0 Å². The lowest BCUT2D eigenvalue weighted by atomic mass is 9.32. The van der Waals surface area contributed by atoms with E-state index in [-0.39, 0.29) is 57.4 Å². The zero-order valence-corrected chi connectivity index (χ0v) is 29.2. The van der Waals surface area contributed by atoms with Gasteiger partial charge in [-0.1, -0.05) is 55.4 Å². The Bertz CT molecular complexity index is 1110. The third-order valence-electron chi connectivity index (χ3n) is 15.0. The van der Waals surface area contributed by atoms with Crippen LogP contribution in [0.4, 0.5) is 0 Å². The van der Waals surface area contributed by atoms with Gasteiger partial charge in [0, 0.05) is 18.4 Å². The number of nitrogens with one attached hydrogen (secondary N) is 1. The van der Waals surface area contributed by atoms with Crippen molar-refractivity contribution in [1.29, 1.82) is 0 Å². The van der Waals surface area contributed by atoms with Gasteiger partial charge >= 0.3 is 5.97 Å². The summed E-state index contributed by atoms with van der Waals surface area (Å²) in [6.45, 7) is 19.6. The lowest BCUT2D eigenvalue weighted by Crippen LogP contribution is -2.67. The molecule has 2 unspecified atom stereocenters. The van der Waals surface area contributed by atoms with E-state index in [1.54, 1.807) is 0 Å². The normalized spacial score (nSPS) is 45.7. The van der Waals surface area contributed by atoms with Gasteiger partial charge in [-0.2, -0.15) is 0 Å². The largest absolute Gasteiger partial charge is 0.462 e. The average Bonchev–Trinajstić information content (AvgIpc) is 3.32. The summed E-state index contributed by atoms with van der Waals surface area (Å²) in [6.07, 6.45) is 12.3. The number of hydrogen-bond acceptors (Lipinski definition) is 4. The van der Waals surface area contributed by atoms with Crippen molar-refractivity contribution < 1.29 is 23.1 Å². The van der Waals surface area contributed by atoms with Gasteiger partial charge in [0.1, 0.15) is 6.10 Å². The summed E-state index contributed by atoms with van der Waals surface area (Å²) in [5.74, 6) is 3.35. The fourth-order valence-electron chi connectivity index (χ4n) is 12.8. The molecule has 0 aromatic rings. The molecule has 0 radical (unpaired) electrons. The Labute approximate surface area is 264 Å². The van der Waals surface area contributed by atoms with Crippen molar-refractivity contribution in [2.45, 2.75) is 139 Å². The number of esters is 1. The van der Waals surface area contributed by atoms with Crippen molar-refractivity contribution in [3.05, 3.63) is 0 Å². The molecule has 2 N–H and O–H groups in total. The number of hydrogen-bond donors (Lipinski definition) is 2. The molecule has 43 heavy (non-hydrogen) atoms. The standard InChI is InChI=1S/C36H61NO5S/c1-9-10-29(38)42-28-15-16-33(6)26(32(28,4)5)14-17-35(8)27(33)12-11-25-30-24(23(2)3)13-18-36(30,20-19-34(25,35)7)31(39)37-21-22-43(40)41/h23-28,30H,9-22H2,1-8H3,(H,37,39)(H,40,41)/t24-,25?,26-,27+,28+,30-,33-,34+,35+,36-/m0/s1. The van der Waals surface area contributed by atoms with Gasteiger partial charge in [0.15, 0.2) is 11.1 Å². The molecule has 246 valence electrons. The van der Waals surface area contributed by atoms with Crippen LogP contribution in [0.5, 0.6) is 0 Å². The molecule has 5 saturated carbocycles. The molecule has 5 aliphatic rings. The maximum atomic E-state index is 14.0. The minimum Gasteiger partial charge on any atom is -0.462 e. The number of carbonyl (C=O) groups is 2. The Hall–Kier alpha value is -0.950. The van der Waals surface area contributed by atoms with E-state index in [2.05, 4.69) is 53.8 Å². The Kier molecular flexibility index (Phi) is 9.08. The molecule has 0 saturated heterocycles. The summed E-state index contributed by atoms with van der Waals surface area (Å²) in [6, 6.07) is 0. The number of ether oxygens (including phenoxy) is 1. The summed E-state index contributed by atoms with van der Waals surface area (Å²) >= 11 is -1.89. The molecule has 0 bridgehead atoms.